The van der Waals surface area contributed by atoms with E-state index in [0.717, 1.165) is 12.8 Å². The van der Waals surface area contributed by atoms with Crippen LogP contribution >= 0.6 is 0 Å². The molecule has 1 aliphatic rings. The summed E-state index contributed by atoms with van der Waals surface area (Å²) in [5.41, 5.74) is -2.40. The molecule has 0 amide bonds. The van der Waals surface area contributed by atoms with Gasteiger partial charge in [-0.3, -0.25) is 0 Å². The van der Waals surface area contributed by atoms with E-state index in [9.17, 15) is 13.2 Å². The van der Waals surface area contributed by atoms with Gasteiger partial charge >= 0.3 is 6.18 Å². The van der Waals surface area contributed by atoms with Crippen molar-refractivity contribution in [2.45, 2.75) is 64.6 Å². The average molecular weight is 237 g/mol. The van der Waals surface area contributed by atoms with E-state index in [1.54, 1.807) is 13.8 Å². The number of nitrogens with one attached hydrogen (secondary N) is 1. The van der Waals surface area contributed by atoms with Crippen molar-refractivity contribution >= 4 is 0 Å². The van der Waals surface area contributed by atoms with Crippen LogP contribution in [0.3, 0.4) is 0 Å². The predicted molar refractivity (Wildman–Crippen MR) is 59.3 cm³/mol. The van der Waals surface area contributed by atoms with E-state index in [0.29, 0.717) is 19.4 Å². The fourth-order valence-electron chi connectivity index (χ4n) is 2.80. The van der Waals surface area contributed by atoms with Gasteiger partial charge in [0, 0.05) is 0 Å². The highest BCUT2D eigenvalue weighted by molar-refractivity contribution is 5.07. The molecule has 0 aromatic heterocycles. The molecule has 0 aromatic carbocycles. The maximum atomic E-state index is 13.4. The molecule has 1 atom stereocenters. The van der Waals surface area contributed by atoms with Gasteiger partial charge in [-0.1, -0.05) is 33.6 Å². The Morgan fingerprint density at radius 1 is 1.12 bits per heavy atom. The second-order valence-corrected chi connectivity index (χ2v) is 5.42. The molecule has 0 spiro atoms. The van der Waals surface area contributed by atoms with Gasteiger partial charge in [0.25, 0.3) is 0 Å². The number of hydrogen-bond donors (Lipinski definition) is 1. The molecule has 4 heteroatoms. The second kappa shape index (κ2) is 4.55. The largest absolute Gasteiger partial charge is 0.407 e. The lowest BCUT2D eigenvalue weighted by molar-refractivity contribution is -0.238. The van der Waals surface area contributed by atoms with Crippen LogP contribution in [0.15, 0.2) is 0 Å². The van der Waals surface area contributed by atoms with Crippen molar-refractivity contribution in [2.24, 2.45) is 5.41 Å². The van der Waals surface area contributed by atoms with Gasteiger partial charge in [0.1, 0.15) is 5.54 Å². The molecule has 1 aliphatic carbocycles. The normalized spacial score (nSPS) is 30.4. The van der Waals surface area contributed by atoms with Crippen molar-refractivity contribution < 1.29 is 13.2 Å². The summed E-state index contributed by atoms with van der Waals surface area (Å²) >= 11 is 0. The van der Waals surface area contributed by atoms with Crippen molar-refractivity contribution in [1.29, 1.82) is 0 Å². The Morgan fingerprint density at radius 2 is 1.69 bits per heavy atom. The maximum Gasteiger partial charge on any atom is 0.407 e. The highest BCUT2D eigenvalue weighted by atomic mass is 19.4. The minimum Gasteiger partial charge on any atom is -0.303 e. The fraction of sp³-hybridized carbons (Fsp3) is 1.00. The van der Waals surface area contributed by atoms with E-state index in [4.69, 9.17) is 0 Å². The highest BCUT2D eigenvalue weighted by Gasteiger charge is 2.62. The van der Waals surface area contributed by atoms with Gasteiger partial charge in [0.15, 0.2) is 0 Å². The average Bonchev–Trinajstić information content (AvgIpc) is 2.14. The fourth-order valence-corrected chi connectivity index (χ4v) is 2.80. The van der Waals surface area contributed by atoms with Gasteiger partial charge in [0.2, 0.25) is 0 Å². The minimum absolute atomic E-state index is 0.212. The Hall–Kier alpha value is -0.250. The Bertz CT molecular complexity index is 235. The molecule has 0 saturated heterocycles. The predicted octanol–water partition coefficient (Wildman–Crippen LogP) is 3.89. The Morgan fingerprint density at radius 3 is 2.12 bits per heavy atom. The van der Waals surface area contributed by atoms with Gasteiger partial charge in [-0.2, -0.15) is 13.2 Å². The molecule has 0 bridgehead atoms. The topological polar surface area (TPSA) is 12.0 Å². The van der Waals surface area contributed by atoms with E-state index >= 15 is 0 Å². The number of alkyl halides is 3. The van der Waals surface area contributed by atoms with E-state index in [1.807, 2.05) is 6.92 Å². The Balaban J connectivity index is 3.01. The number of hydrogen-bond acceptors (Lipinski definition) is 1. The van der Waals surface area contributed by atoms with Crippen LogP contribution in [-0.4, -0.2) is 18.3 Å². The second-order valence-electron chi connectivity index (χ2n) is 5.42. The maximum absolute atomic E-state index is 13.4. The van der Waals surface area contributed by atoms with Crippen LogP contribution in [0, 0.1) is 5.41 Å². The molecule has 0 aliphatic heterocycles. The molecule has 1 nitrogen and oxygen atoms in total. The van der Waals surface area contributed by atoms with Crippen LogP contribution in [-0.2, 0) is 0 Å². The Kier molecular flexibility index (Phi) is 3.93. The number of rotatable bonds is 3. The lowest BCUT2D eigenvalue weighted by Crippen LogP contribution is -2.66. The van der Waals surface area contributed by atoms with Gasteiger partial charge in [0.05, 0.1) is 0 Å². The van der Waals surface area contributed by atoms with E-state index in [1.165, 1.54) is 0 Å². The first kappa shape index (κ1) is 13.8. The van der Waals surface area contributed by atoms with Crippen LogP contribution in [0.25, 0.3) is 0 Å². The zero-order valence-electron chi connectivity index (χ0n) is 10.4. The molecule has 1 unspecified atom stereocenters. The first-order valence-corrected chi connectivity index (χ1v) is 6.08. The smallest absolute Gasteiger partial charge is 0.303 e. The zero-order chi connectivity index (χ0) is 12.4. The summed E-state index contributed by atoms with van der Waals surface area (Å²) in [7, 11) is 0. The third-order valence-corrected chi connectivity index (χ3v) is 3.92. The molecule has 1 fully saturated rings. The lowest BCUT2D eigenvalue weighted by Gasteiger charge is -2.51. The zero-order valence-corrected chi connectivity index (χ0v) is 10.4. The first-order chi connectivity index (χ1) is 7.27. The molecule has 0 radical (unpaired) electrons. The first-order valence-electron chi connectivity index (χ1n) is 6.08. The monoisotopic (exact) mass is 237 g/mol. The summed E-state index contributed by atoms with van der Waals surface area (Å²) in [6.07, 6.45) is -1.01. The highest BCUT2D eigenvalue weighted by Crippen LogP contribution is 2.52. The van der Waals surface area contributed by atoms with E-state index in [-0.39, 0.29) is 6.42 Å². The van der Waals surface area contributed by atoms with Crippen LogP contribution in [0.2, 0.25) is 0 Å². The van der Waals surface area contributed by atoms with Crippen molar-refractivity contribution in [3.8, 4) is 0 Å². The van der Waals surface area contributed by atoms with Crippen LogP contribution in [0.1, 0.15) is 52.9 Å². The molecule has 1 N–H and O–H groups in total. The molecule has 0 heterocycles. The lowest BCUT2D eigenvalue weighted by atomic mass is 9.62. The molecule has 16 heavy (non-hydrogen) atoms. The summed E-state index contributed by atoms with van der Waals surface area (Å²) in [4.78, 5) is 0. The van der Waals surface area contributed by atoms with Gasteiger partial charge in [-0.05, 0) is 31.2 Å². The van der Waals surface area contributed by atoms with Crippen LogP contribution in [0.5, 0.6) is 0 Å². The summed E-state index contributed by atoms with van der Waals surface area (Å²) in [5, 5.41) is 2.79. The van der Waals surface area contributed by atoms with Crippen molar-refractivity contribution in [3.05, 3.63) is 0 Å². The standard InChI is InChI=1S/C12H22F3N/c1-4-9-16-11(12(13,14)15)8-6-5-7-10(11,2)3/h16H,4-9H2,1-3H3. The summed E-state index contributed by atoms with van der Waals surface area (Å²) in [5.74, 6) is 0. The summed E-state index contributed by atoms with van der Waals surface area (Å²) < 4.78 is 40.1. The molecular formula is C12H22F3N. The van der Waals surface area contributed by atoms with Gasteiger partial charge in [-0.25, -0.2) is 0 Å². The Labute approximate surface area is 95.8 Å². The quantitative estimate of drug-likeness (QED) is 0.785. The van der Waals surface area contributed by atoms with Crippen LogP contribution in [0.4, 0.5) is 13.2 Å². The van der Waals surface area contributed by atoms with Crippen molar-refractivity contribution in [2.75, 3.05) is 6.54 Å². The molecule has 0 aromatic rings. The summed E-state index contributed by atoms with van der Waals surface area (Å²) in [6, 6.07) is 0. The van der Waals surface area contributed by atoms with E-state index in [2.05, 4.69) is 5.32 Å². The van der Waals surface area contributed by atoms with Crippen molar-refractivity contribution in [3.63, 3.8) is 0 Å². The third kappa shape index (κ3) is 2.22. The molecule has 1 rings (SSSR count). The van der Waals surface area contributed by atoms with Gasteiger partial charge in [-0.15, -0.1) is 0 Å². The minimum atomic E-state index is -4.16. The molecular weight excluding hydrogens is 215 g/mol. The molecule has 1 saturated carbocycles. The van der Waals surface area contributed by atoms with E-state index < -0.39 is 17.1 Å². The SMILES string of the molecule is CCCNC1(C(F)(F)F)CCCCC1(C)C. The molecule has 96 valence electrons. The number of halogens is 3. The van der Waals surface area contributed by atoms with Crippen molar-refractivity contribution in [1.82, 2.24) is 5.32 Å². The third-order valence-electron chi connectivity index (χ3n) is 3.92. The summed E-state index contributed by atoms with van der Waals surface area (Å²) in [6.45, 7) is 5.81. The van der Waals surface area contributed by atoms with Gasteiger partial charge < -0.3 is 5.32 Å². The van der Waals surface area contributed by atoms with Crippen LogP contribution < -0.4 is 5.32 Å².